The van der Waals surface area contributed by atoms with Gasteiger partial charge in [0, 0.05) is 21.9 Å². The Morgan fingerprint density at radius 1 is 1.09 bits per heavy atom. The minimum atomic E-state index is -0.0939. The number of thiophene rings is 1. The molecule has 10 heteroatoms. The van der Waals surface area contributed by atoms with Gasteiger partial charge in [-0.2, -0.15) is 5.10 Å². The zero-order chi connectivity index (χ0) is 21.5. The molecule has 0 saturated carbocycles. The molecule has 1 atom stereocenters. The van der Waals surface area contributed by atoms with Gasteiger partial charge < -0.3 is 10.6 Å². The number of amides is 1. The van der Waals surface area contributed by atoms with Crippen molar-refractivity contribution in [2.75, 3.05) is 10.6 Å². The lowest BCUT2D eigenvalue weighted by atomic mass is 9.87. The molecule has 1 aliphatic carbocycles. The Hall–Kier alpha value is -3.92. The van der Waals surface area contributed by atoms with Crippen LogP contribution >= 0.6 is 11.3 Å². The molecular weight excluding hydrogens is 424 g/mol. The minimum absolute atomic E-state index is 0.000698. The molecule has 9 nitrogen and oxygen atoms in total. The van der Waals surface area contributed by atoms with Crippen LogP contribution in [0.1, 0.15) is 16.9 Å². The van der Waals surface area contributed by atoms with Crippen LogP contribution < -0.4 is 10.6 Å². The van der Waals surface area contributed by atoms with Crippen LogP contribution in [0.5, 0.6) is 0 Å². The molecule has 4 heterocycles. The van der Waals surface area contributed by atoms with E-state index in [-0.39, 0.29) is 11.8 Å². The summed E-state index contributed by atoms with van der Waals surface area (Å²) in [6.07, 6.45) is 10.3. The summed E-state index contributed by atoms with van der Waals surface area (Å²) in [7, 11) is 0. The number of nitrogens with one attached hydrogen (secondary N) is 3. The fourth-order valence-electron chi connectivity index (χ4n) is 4.19. The smallest absolute Gasteiger partial charge is 0.227 e. The van der Waals surface area contributed by atoms with Gasteiger partial charge >= 0.3 is 0 Å². The maximum absolute atomic E-state index is 12.8. The van der Waals surface area contributed by atoms with Gasteiger partial charge in [-0.1, -0.05) is 0 Å². The second-order valence-corrected chi connectivity index (χ2v) is 8.84. The number of anilines is 3. The van der Waals surface area contributed by atoms with Gasteiger partial charge in [-0.3, -0.25) is 9.89 Å². The summed E-state index contributed by atoms with van der Waals surface area (Å²) in [5.41, 5.74) is 3.79. The zero-order valence-corrected chi connectivity index (χ0v) is 17.7. The summed E-state index contributed by atoms with van der Waals surface area (Å²) in [6, 6.07) is 6.04. The molecule has 6 rings (SSSR count). The van der Waals surface area contributed by atoms with Crippen molar-refractivity contribution in [2.24, 2.45) is 5.92 Å². The first-order valence-electron chi connectivity index (χ1n) is 10.3. The lowest BCUT2D eigenvalue weighted by Crippen LogP contribution is -2.27. The highest BCUT2D eigenvalue weighted by Gasteiger charge is 2.29. The Balaban J connectivity index is 1.28. The highest BCUT2D eigenvalue weighted by Crippen LogP contribution is 2.40. The third kappa shape index (κ3) is 3.34. The molecule has 1 aromatic carbocycles. The van der Waals surface area contributed by atoms with Crippen molar-refractivity contribution in [3.8, 4) is 0 Å². The van der Waals surface area contributed by atoms with Crippen LogP contribution in [0.25, 0.3) is 21.1 Å². The lowest BCUT2D eigenvalue weighted by Gasteiger charge is -2.21. The predicted octanol–water partition coefficient (Wildman–Crippen LogP) is 3.84. The average Bonchev–Trinajstić information content (AvgIpc) is 3.43. The Labute approximate surface area is 186 Å². The Bertz CT molecular complexity index is 1440. The van der Waals surface area contributed by atoms with Crippen LogP contribution in [0.3, 0.4) is 0 Å². The average molecular weight is 443 g/mol. The summed E-state index contributed by atoms with van der Waals surface area (Å²) < 4.78 is 0. The van der Waals surface area contributed by atoms with Gasteiger partial charge in [0.1, 0.15) is 23.3 Å². The second kappa shape index (κ2) is 7.65. The molecule has 158 valence electrons. The van der Waals surface area contributed by atoms with E-state index < -0.39 is 0 Å². The summed E-state index contributed by atoms with van der Waals surface area (Å²) in [5.74, 6) is 0.698. The number of hydrogen-bond acceptors (Lipinski definition) is 8. The number of carbonyl (C=O) groups is 1. The minimum Gasteiger partial charge on any atom is -0.340 e. The molecule has 3 N–H and O–H groups in total. The molecule has 1 unspecified atom stereocenters. The normalized spacial score (nSPS) is 15.6. The number of carbonyl (C=O) groups excluding carboxylic acids is 1. The fraction of sp³-hybridized carbons (Fsp3) is 0.182. The largest absolute Gasteiger partial charge is 0.340 e. The summed E-state index contributed by atoms with van der Waals surface area (Å²) in [6.45, 7) is 0. The zero-order valence-electron chi connectivity index (χ0n) is 16.9. The molecule has 4 aromatic heterocycles. The van der Waals surface area contributed by atoms with Crippen molar-refractivity contribution in [1.29, 1.82) is 0 Å². The maximum atomic E-state index is 12.8. The first-order chi connectivity index (χ1) is 15.7. The van der Waals surface area contributed by atoms with Gasteiger partial charge in [-0.05, 0) is 43.0 Å². The number of fused-ring (bicyclic) bond motifs is 4. The third-order valence-corrected chi connectivity index (χ3v) is 6.91. The van der Waals surface area contributed by atoms with Crippen molar-refractivity contribution < 1.29 is 4.79 Å². The lowest BCUT2D eigenvalue weighted by molar-refractivity contribution is -0.120. The summed E-state index contributed by atoms with van der Waals surface area (Å²) in [5, 5.41) is 15.5. The highest BCUT2D eigenvalue weighted by molar-refractivity contribution is 7.19. The van der Waals surface area contributed by atoms with E-state index in [1.807, 2.05) is 18.2 Å². The van der Waals surface area contributed by atoms with Crippen LogP contribution in [-0.2, 0) is 17.6 Å². The molecular formula is C22H18N8OS. The molecule has 0 saturated heterocycles. The van der Waals surface area contributed by atoms with Gasteiger partial charge in [0.15, 0.2) is 0 Å². The number of H-pyrrole nitrogens is 1. The van der Waals surface area contributed by atoms with Crippen molar-refractivity contribution in [2.45, 2.75) is 19.3 Å². The summed E-state index contributed by atoms with van der Waals surface area (Å²) in [4.78, 5) is 31.9. The molecule has 0 fully saturated rings. The topological polar surface area (TPSA) is 121 Å². The number of aromatic amines is 1. The van der Waals surface area contributed by atoms with Gasteiger partial charge in [0.2, 0.25) is 5.91 Å². The Morgan fingerprint density at radius 3 is 2.91 bits per heavy atom. The van der Waals surface area contributed by atoms with E-state index in [9.17, 15) is 4.79 Å². The van der Waals surface area contributed by atoms with Gasteiger partial charge in [0.05, 0.1) is 35.2 Å². The maximum Gasteiger partial charge on any atom is 0.227 e. The third-order valence-electron chi connectivity index (χ3n) is 5.75. The van der Waals surface area contributed by atoms with E-state index >= 15 is 0 Å². The Morgan fingerprint density at radius 2 is 2.00 bits per heavy atom. The standard InChI is InChI=1S/C22H18N8OS/c31-21(29-15-8-23-10-24-9-15)12-1-3-16-18(6-12)32-22-19(16)20(25-11-26-22)28-14-2-4-17-13(5-14)7-27-30-17/h2,4-5,7-12H,1,3,6H2,(H,27,30)(H,29,31)(H,25,26,28). The highest BCUT2D eigenvalue weighted by atomic mass is 32.1. The molecule has 1 amide bonds. The van der Waals surface area contributed by atoms with Crippen LogP contribution in [0.4, 0.5) is 17.2 Å². The first kappa shape index (κ1) is 18.8. The van der Waals surface area contributed by atoms with Crippen molar-refractivity contribution >= 4 is 55.6 Å². The van der Waals surface area contributed by atoms with Crippen molar-refractivity contribution in [1.82, 2.24) is 30.1 Å². The summed E-state index contributed by atoms with van der Waals surface area (Å²) >= 11 is 1.65. The van der Waals surface area contributed by atoms with E-state index in [1.54, 1.807) is 36.3 Å². The first-order valence-corrected chi connectivity index (χ1v) is 11.1. The Kier molecular flexibility index (Phi) is 4.50. The number of hydrogen-bond donors (Lipinski definition) is 3. The molecule has 32 heavy (non-hydrogen) atoms. The molecule has 0 bridgehead atoms. The van der Waals surface area contributed by atoms with Crippen LogP contribution in [0.15, 0.2) is 49.4 Å². The number of aromatic nitrogens is 6. The van der Waals surface area contributed by atoms with E-state index in [0.29, 0.717) is 12.1 Å². The van der Waals surface area contributed by atoms with E-state index in [4.69, 9.17) is 0 Å². The molecule has 0 aliphatic heterocycles. The monoisotopic (exact) mass is 442 g/mol. The van der Waals surface area contributed by atoms with E-state index in [0.717, 1.165) is 45.5 Å². The number of benzene rings is 1. The second-order valence-electron chi connectivity index (χ2n) is 7.76. The van der Waals surface area contributed by atoms with Gasteiger partial charge in [-0.15, -0.1) is 11.3 Å². The van der Waals surface area contributed by atoms with Gasteiger partial charge in [-0.25, -0.2) is 19.9 Å². The quantitative estimate of drug-likeness (QED) is 0.386. The van der Waals surface area contributed by atoms with Crippen molar-refractivity contribution in [3.63, 3.8) is 0 Å². The predicted molar refractivity (Wildman–Crippen MR) is 123 cm³/mol. The SMILES string of the molecule is O=C(Nc1cncnc1)C1CCc2c(sc3ncnc(Nc4ccc5[nH]ncc5c4)c23)C1. The van der Waals surface area contributed by atoms with Crippen LogP contribution in [0, 0.1) is 5.92 Å². The number of nitrogens with zero attached hydrogens (tertiary/aromatic N) is 5. The van der Waals surface area contributed by atoms with Crippen molar-refractivity contribution in [3.05, 3.63) is 59.9 Å². The molecule has 0 spiro atoms. The number of aryl methyl sites for hydroxylation is 1. The van der Waals surface area contributed by atoms with Crippen LogP contribution in [0.2, 0.25) is 0 Å². The van der Waals surface area contributed by atoms with E-state index in [2.05, 4.69) is 40.8 Å². The van der Waals surface area contributed by atoms with E-state index in [1.165, 1.54) is 16.8 Å². The fourth-order valence-corrected chi connectivity index (χ4v) is 5.46. The van der Waals surface area contributed by atoms with Crippen LogP contribution in [-0.4, -0.2) is 36.0 Å². The van der Waals surface area contributed by atoms with Gasteiger partial charge in [0.25, 0.3) is 0 Å². The number of rotatable bonds is 4. The molecule has 1 aliphatic rings. The molecule has 0 radical (unpaired) electrons. The molecule has 5 aromatic rings.